The Morgan fingerprint density at radius 2 is 1.63 bits per heavy atom. The molecule has 9 nitrogen and oxygen atoms in total. The summed E-state index contributed by atoms with van der Waals surface area (Å²) in [6, 6.07) is 17.4. The lowest BCUT2D eigenvalue weighted by Crippen LogP contribution is -2.53. The molecule has 5 rings (SSSR count). The third-order valence-corrected chi connectivity index (χ3v) is 9.57. The van der Waals surface area contributed by atoms with Gasteiger partial charge in [0.25, 0.3) is 10.0 Å². The van der Waals surface area contributed by atoms with Gasteiger partial charge in [-0.1, -0.05) is 50.1 Å². The number of sulfonamides is 1. The summed E-state index contributed by atoms with van der Waals surface area (Å²) >= 11 is 0. The second kappa shape index (κ2) is 13.5. The Hall–Kier alpha value is -4.12. The lowest BCUT2D eigenvalue weighted by molar-refractivity contribution is -0.140. The average molecular weight is 610 g/mol. The molecule has 0 bridgehead atoms. The number of nitrogens with zero attached hydrogens (tertiary/aromatic N) is 2. The molecule has 0 saturated heterocycles. The summed E-state index contributed by atoms with van der Waals surface area (Å²) in [5.41, 5.74) is 0.824. The minimum atomic E-state index is -4.22. The van der Waals surface area contributed by atoms with Gasteiger partial charge in [0.05, 0.1) is 10.6 Å². The Bertz CT molecular complexity index is 1530. The van der Waals surface area contributed by atoms with Crippen molar-refractivity contribution in [2.24, 2.45) is 0 Å². The summed E-state index contributed by atoms with van der Waals surface area (Å²) in [4.78, 5) is 29.1. The minimum absolute atomic E-state index is 0.00390. The fourth-order valence-corrected chi connectivity index (χ4v) is 6.94. The Morgan fingerprint density at radius 3 is 2.30 bits per heavy atom. The van der Waals surface area contributed by atoms with Crippen molar-refractivity contribution in [1.29, 1.82) is 0 Å². The van der Waals surface area contributed by atoms with Crippen LogP contribution in [0.15, 0.2) is 77.7 Å². The SMILES string of the molecule is CC[C@H](C(=O)NC1CCCC1)N(Cc1ccc(F)cc1)C(=O)CN(c1ccc2c(c1)OCCO2)S(=O)(=O)c1ccccc1. The van der Waals surface area contributed by atoms with Crippen LogP contribution in [-0.4, -0.2) is 57.0 Å². The molecule has 1 saturated carbocycles. The topological polar surface area (TPSA) is 105 Å². The number of nitrogens with one attached hydrogen (secondary N) is 1. The second-order valence-corrected chi connectivity index (χ2v) is 12.6. The maximum atomic E-state index is 14.2. The molecule has 43 heavy (non-hydrogen) atoms. The average Bonchev–Trinajstić information content (AvgIpc) is 3.53. The molecule has 1 aliphatic carbocycles. The molecule has 228 valence electrons. The molecule has 1 N–H and O–H groups in total. The van der Waals surface area contributed by atoms with Gasteiger partial charge in [0.15, 0.2) is 11.5 Å². The van der Waals surface area contributed by atoms with Crippen molar-refractivity contribution in [3.8, 4) is 11.5 Å². The van der Waals surface area contributed by atoms with Crippen molar-refractivity contribution in [3.63, 3.8) is 0 Å². The molecule has 0 spiro atoms. The molecule has 1 heterocycles. The van der Waals surface area contributed by atoms with Gasteiger partial charge in [-0.2, -0.15) is 0 Å². The van der Waals surface area contributed by atoms with Gasteiger partial charge in [0.2, 0.25) is 11.8 Å². The highest BCUT2D eigenvalue weighted by Crippen LogP contribution is 2.36. The summed E-state index contributed by atoms with van der Waals surface area (Å²) in [6.07, 6.45) is 4.12. The van der Waals surface area contributed by atoms with E-state index in [1.165, 1.54) is 35.2 Å². The highest BCUT2D eigenvalue weighted by atomic mass is 32.2. The maximum absolute atomic E-state index is 14.2. The number of hydrogen-bond acceptors (Lipinski definition) is 6. The predicted molar refractivity (Wildman–Crippen MR) is 160 cm³/mol. The molecule has 3 aromatic rings. The lowest BCUT2D eigenvalue weighted by atomic mass is 10.1. The largest absolute Gasteiger partial charge is 0.486 e. The van der Waals surface area contributed by atoms with Crippen molar-refractivity contribution in [2.75, 3.05) is 24.1 Å². The highest BCUT2D eigenvalue weighted by molar-refractivity contribution is 7.92. The van der Waals surface area contributed by atoms with Gasteiger partial charge in [0.1, 0.15) is 31.6 Å². The number of halogens is 1. The zero-order chi connectivity index (χ0) is 30.4. The first-order valence-corrected chi connectivity index (χ1v) is 16.0. The highest BCUT2D eigenvalue weighted by Gasteiger charge is 2.35. The van der Waals surface area contributed by atoms with E-state index in [2.05, 4.69) is 5.32 Å². The molecule has 2 aliphatic rings. The van der Waals surface area contributed by atoms with E-state index < -0.39 is 34.3 Å². The Kier molecular flexibility index (Phi) is 9.49. The van der Waals surface area contributed by atoms with E-state index in [0.29, 0.717) is 36.7 Å². The van der Waals surface area contributed by atoms with Crippen LogP contribution in [0.3, 0.4) is 0 Å². The first kappa shape index (κ1) is 30.3. The standard InChI is InChI=1S/C32H36FN3O6S/c1-2-28(32(38)34-25-8-6-7-9-25)35(21-23-12-14-24(33)15-13-23)31(37)22-36(43(39,40)27-10-4-3-5-11-27)26-16-17-29-30(20-26)42-19-18-41-29/h3-5,10-17,20,25,28H,2,6-9,18-19,21-22H2,1H3,(H,34,38)/t28-/m1/s1. The fourth-order valence-electron chi connectivity index (χ4n) is 5.51. The number of rotatable bonds is 11. The molecule has 0 aromatic heterocycles. The monoisotopic (exact) mass is 609 g/mol. The fraction of sp³-hybridized carbons (Fsp3) is 0.375. The van der Waals surface area contributed by atoms with Gasteiger partial charge in [-0.05, 0) is 61.2 Å². The number of ether oxygens (including phenoxy) is 2. The van der Waals surface area contributed by atoms with Gasteiger partial charge in [-0.3, -0.25) is 13.9 Å². The summed E-state index contributed by atoms with van der Waals surface area (Å²) < 4.78 is 54.1. The summed E-state index contributed by atoms with van der Waals surface area (Å²) in [5, 5.41) is 3.08. The summed E-state index contributed by atoms with van der Waals surface area (Å²) in [5.74, 6) is -0.443. The molecule has 1 fully saturated rings. The van der Waals surface area contributed by atoms with Crippen molar-refractivity contribution in [2.45, 2.75) is 62.6 Å². The van der Waals surface area contributed by atoms with Crippen LogP contribution in [0.4, 0.5) is 10.1 Å². The van der Waals surface area contributed by atoms with Gasteiger partial charge in [0, 0.05) is 18.7 Å². The third kappa shape index (κ3) is 7.10. The van der Waals surface area contributed by atoms with Crippen LogP contribution in [0.1, 0.15) is 44.6 Å². The van der Waals surface area contributed by atoms with Crippen molar-refractivity contribution >= 4 is 27.5 Å². The van der Waals surface area contributed by atoms with Crippen LogP contribution in [0.25, 0.3) is 0 Å². The van der Waals surface area contributed by atoms with E-state index in [4.69, 9.17) is 9.47 Å². The number of carbonyl (C=O) groups excluding carboxylic acids is 2. The smallest absolute Gasteiger partial charge is 0.264 e. The van der Waals surface area contributed by atoms with E-state index in [1.54, 1.807) is 42.5 Å². The van der Waals surface area contributed by atoms with Crippen molar-refractivity contribution in [1.82, 2.24) is 10.2 Å². The number of carbonyl (C=O) groups is 2. The van der Waals surface area contributed by atoms with Crippen LogP contribution < -0.4 is 19.1 Å². The number of benzene rings is 3. The maximum Gasteiger partial charge on any atom is 0.264 e. The number of anilines is 1. The molecule has 1 atom stereocenters. The minimum Gasteiger partial charge on any atom is -0.486 e. The molecule has 2 amide bonds. The van der Waals surface area contributed by atoms with Crippen LogP contribution >= 0.6 is 0 Å². The van der Waals surface area contributed by atoms with Crippen molar-refractivity contribution < 1.29 is 31.9 Å². The Balaban J connectivity index is 1.51. The Morgan fingerprint density at radius 1 is 0.953 bits per heavy atom. The molecular formula is C32H36FN3O6S. The zero-order valence-electron chi connectivity index (χ0n) is 24.1. The molecule has 0 radical (unpaired) electrons. The molecule has 0 unspecified atom stereocenters. The number of fused-ring (bicyclic) bond motifs is 1. The molecular weight excluding hydrogens is 573 g/mol. The first-order chi connectivity index (χ1) is 20.8. The van der Waals surface area contributed by atoms with Crippen LogP contribution in [-0.2, 0) is 26.2 Å². The van der Waals surface area contributed by atoms with Gasteiger partial charge >= 0.3 is 0 Å². The molecule has 11 heteroatoms. The van der Waals surface area contributed by atoms with Crippen molar-refractivity contribution in [3.05, 3.63) is 84.2 Å². The predicted octanol–water partition coefficient (Wildman–Crippen LogP) is 4.66. The summed E-state index contributed by atoms with van der Waals surface area (Å²) in [7, 11) is -4.22. The van der Waals surface area contributed by atoms with Crippen LogP contribution in [0.2, 0.25) is 0 Å². The van der Waals surface area contributed by atoms with E-state index in [9.17, 15) is 22.4 Å². The number of hydrogen-bond donors (Lipinski definition) is 1. The van der Waals surface area contributed by atoms with Gasteiger partial charge in [-0.15, -0.1) is 0 Å². The first-order valence-electron chi connectivity index (χ1n) is 14.6. The normalized spacial score (nSPS) is 15.5. The van der Waals surface area contributed by atoms with Gasteiger partial charge in [-0.25, -0.2) is 12.8 Å². The molecule has 1 aliphatic heterocycles. The van der Waals surface area contributed by atoms with Crippen LogP contribution in [0.5, 0.6) is 11.5 Å². The second-order valence-electron chi connectivity index (χ2n) is 10.7. The third-order valence-electron chi connectivity index (χ3n) is 7.78. The molecule has 3 aromatic carbocycles. The Labute approximate surface area is 251 Å². The van der Waals surface area contributed by atoms with Gasteiger partial charge < -0.3 is 19.7 Å². The van der Waals surface area contributed by atoms with E-state index in [-0.39, 0.29) is 29.1 Å². The van der Waals surface area contributed by atoms with Crippen LogP contribution in [0, 0.1) is 5.82 Å². The number of amides is 2. The van der Waals surface area contributed by atoms with E-state index >= 15 is 0 Å². The lowest BCUT2D eigenvalue weighted by Gasteiger charge is -2.34. The van der Waals surface area contributed by atoms with E-state index in [1.807, 2.05) is 6.92 Å². The quantitative estimate of drug-likeness (QED) is 0.339. The van der Waals surface area contributed by atoms with E-state index in [0.717, 1.165) is 30.0 Å². The summed E-state index contributed by atoms with van der Waals surface area (Å²) in [6.45, 7) is 1.90. The zero-order valence-corrected chi connectivity index (χ0v) is 24.9.